The number of hydrogen-bond donors (Lipinski definition) is 0. The Balaban J connectivity index is 1.56. The van der Waals surface area contributed by atoms with Crippen LogP contribution in [0.15, 0.2) is 83.4 Å². The maximum atomic E-state index is 13.7. The fourth-order valence-electron chi connectivity index (χ4n) is 7.60. The molecule has 0 unspecified atom stereocenters. The monoisotopic (exact) mass is 531 g/mol. The van der Waals surface area contributed by atoms with Crippen molar-refractivity contribution in [1.29, 1.82) is 0 Å². The Bertz CT molecular complexity index is 1520. The Morgan fingerprint density at radius 2 is 1.87 bits per heavy atom. The Morgan fingerprint density at radius 3 is 2.63 bits per heavy atom. The van der Waals surface area contributed by atoms with Crippen LogP contribution in [0.3, 0.4) is 0 Å². The van der Waals surface area contributed by atoms with Crippen molar-refractivity contribution >= 4 is 27.0 Å². The molecule has 1 spiro atoms. The van der Waals surface area contributed by atoms with E-state index in [9.17, 15) is 8.42 Å². The number of benzene rings is 2. The maximum absolute atomic E-state index is 13.7. The molecule has 5 nitrogen and oxygen atoms in total. The number of aromatic nitrogens is 1. The van der Waals surface area contributed by atoms with Crippen LogP contribution in [-0.4, -0.2) is 31.4 Å². The van der Waals surface area contributed by atoms with Crippen LogP contribution >= 0.6 is 0 Å². The van der Waals surface area contributed by atoms with E-state index in [0.29, 0.717) is 18.0 Å². The molecule has 0 bridgehead atoms. The van der Waals surface area contributed by atoms with Crippen LogP contribution < -0.4 is 0 Å². The molecule has 2 saturated carbocycles. The Morgan fingerprint density at radius 1 is 1.13 bits per heavy atom. The molecule has 3 fully saturated rings. The summed E-state index contributed by atoms with van der Waals surface area (Å²) in [6.07, 6.45) is 8.78. The molecular weight excluding hydrogens is 494 g/mol. The van der Waals surface area contributed by atoms with Gasteiger partial charge in [-0.2, -0.15) is 0 Å². The van der Waals surface area contributed by atoms with Crippen molar-refractivity contribution in [1.82, 2.24) is 3.97 Å². The van der Waals surface area contributed by atoms with E-state index in [1.165, 1.54) is 9.55 Å². The lowest BCUT2D eigenvalue weighted by molar-refractivity contribution is -0.148. The smallest absolute Gasteiger partial charge is 0.268 e. The van der Waals surface area contributed by atoms with E-state index in [-0.39, 0.29) is 28.1 Å². The molecule has 0 radical (unpaired) electrons. The van der Waals surface area contributed by atoms with Gasteiger partial charge in [-0.25, -0.2) is 12.4 Å². The molecule has 1 aromatic heterocycles. The molecule has 5 atom stereocenters. The van der Waals surface area contributed by atoms with Gasteiger partial charge in [0, 0.05) is 35.6 Å². The topological polar surface area (TPSA) is 57.5 Å². The van der Waals surface area contributed by atoms with Crippen LogP contribution in [0.5, 0.6) is 0 Å². The summed E-state index contributed by atoms with van der Waals surface area (Å²) >= 11 is 0. The molecule has 1 saturated heterocycles. The van der Waals surface area contributed by atoms with E-state index < -0.39 is 10.0 Å². The van der Waals surface area contributed by atoms with Crippen LogP contribution in [0, 0.1) is 16.7 Å². The second-order valence-electron chi connectivity index (χ2n) is 11.5. The van der Waals surface area contributed by atoms with Crippen molar-refractivity contribution < 1.29 is 17.9 Å². The number of rotatable bonds is 5. The standard InChI is InChI=1S/C32H37NO4S/c1-5-36-30-20-32-27(22(2)17-18-31(32,4)23(3)15-16-29(32)37-30)19-24-21-33(28-14-10-9-13-26(24)28)38(34,35)25-11-7-6-8-12-25/h6-14,19,21,23,29-30H,2,5,15-18,20H2,1,3-4H3/b27-19+/t23-,29+,30-,31+,32-/m1/s1. The lowest BCUT2D eigenvalue weighted by Crippen LogP contribution is -2.56. The largest absolute Gasteiger partial charge is 0.353 e. The number of para-hydroxylation sites is 1. The summed E-state index contributed by atoms with van der Waals surface area (Å²) in [5.74, 6) is 0.541. The average Bonchev–Trinajstić information content (AvgIpc) is 3.48. The zero-order valence-electron chi connectivity index (χ0n) is 22.5. The summed E-state index contributed by atoms with van der Waals surface area (Å²) in [4.78, 5) is 0.276. The minimum absolute atomic E-state index is 0.0449. The molecule has 2 aliphatic carbocycles. The minimum Gasteiger partial charge on any atom is -0.353 e. The molecule has 2 aromatic carbocycles. The highest BCUT2D eigenvalue weighted by molar-refractivity contribution is 7.90. The molecule has 3 aliphatic rings. The Labute approximate surface area is 226 Å². The van der Waals surface area contributed by atoms with Crippen LogP contribution in [0.2, 0.25) is 0 Å². The molecule has 0 N–H and O–H groups in total. The van der Waals surface area contributed by atoms with E-state index in [0.717, 1.165) is 48.6 Å². The van der Waals surface area contributed by atoms with Gasteiger partial charge in [0.05, 0.1) is 16.5 Å². The normalized spacial score (nSPS) is 32.4. The molecule has 38 heavy (non-hydrogen) atoms. The molecule has 1 aliphatic heterocycles. The van der Waals surface area contributed by atoms with Crippen LogP contribution in [0.1, 0.15) is 58.4 Å². The molecule has 3 aromatic rings. The van der Waals surface area contributed by atoms with Crippen molar-refractivity contribution in [2.45, 2.75) is 70.2 Å². The van der Waals surface area contributed by atoms with Crippen LogP contribution in [-0.2, 0) is 19.5 Å². The summed E-state index contributed by atoms with van der Waals surface area (Å²) in [6.45, 7) is 12.0. The third kappa shape index (κ3) is 3.60. The number of allylic oxidation sites excluding steroid dienone is 1. The van der Waals surface area contributed by atoms with Gasteiger partial charge in [0.15, 0.2) is 6.29 Å². The fraction of sp³-hybridized carbons (Fsp3) is 0.438. The van der Waals surface area contributed by atoms with Crippen molar-refractivity contribution in [3.05, 3.63) is 84.1 Å². The van der Waals surface area contributed by atoms with Gasteiger partial charge in [0.1, 0.15) is 0 Å². The fourth-order valence-corrected chi connectivity index (χ4v) is 9.00. The summed E-state index contributed by atoms with van der Waals surface area (Å²) in [5.41, 5.74) is 3.74. The first-order chi connectivity index (χ1) is 18.2. The zero-order chi connectivity index (χ0) is 26.7. The minimum atomic E-state index is -3.76. The van der Waals surface area contributed by atoms with E-state index in [4.69, 9.17) is 9.47 Å². The highest BCUT2D eigenvalue weighted by Crippen LogP contribution is 2.69. The molecule has 6 rings (SSSR count). The Kier molecular flexibility index (Phi) is 6.21. The first-order valence-corrected chi connectivity index (χ1v) is 15.2. The summed E-state index contributed by atoms with van der Waals surface area (Å²) in [5, 5.41) is 0.914. The maximum Gasteiger partial charge on any atom is 0.268 e. The summed E-state index contributed by atoms with van der Waals surface area (Å²) < 4.78 is 41.5. The van der Waals surface area contributed by atoms with Gasteiger partial charge in [0.25, 0.3) is 10.0 Å². The van der Waals surface area contributed by atoms with E-state index >= 15 is 0 Å². The quantitative estimate of drug-likeness (QED) is 0.350. The third-order valence-corrected chi connectivity index (χ3v) is 11.5. The summed E-state index contributed by atoms with van der Waals surface area (Å²) in [7, 11) is -3.76. The predicted molar refractivity (Wildman–Crippen MR) is 151 cm³/mol. The first kappa shape index (κ1) is 25.6. The Hall–Kier alpha value is -2.67. The highest BCUT2D eigenvalue weighted by atomic mass is 32.2. The second-order valence-corrected chi connectivity index (χ2v) is 13.3. The van der Waals surface area contributed by atoms with Gasteiger partial charge in [-0.05, 0) is 73.8 Å². The zero-order valence-corrected chi connectivity index (χ0v) is 23.3. The van der Waals surface area contributed by atoms with Crippen molar-refractivity contribution in [3.63, 3.8) is 0 Å². The number of ether oxygens (including phenoxy) is 2. The molecular formula is C32H37NO4S. The predicted octanol–water partition coefficient (Wildman–Crippen LogP) is 7.19. The molecule has 0 amide bonds. The van der Waals surface area contributed by atoms with Gasteiger partial charge >= 0.3 is 0 Å². The first-order valence-electron chi connectivity index (χ1n) is 13.8. The van der Waals surface area contributed by atoms with Gasteiger partial charge < -0.3 is 9.47 Å². The lowest BCUT2D eigenvalue weighted by atomic mass is 9.44. The van der Waals surface area contributed by atoms with Crippen LogP contribution in [0.25, 0.3) is 17.0 Å². The number of hydrogen-bond acceptors (Lipinski definition) is 4. The van der Waals surface area contributed by atoms with Crippen LogP contribution in [0.4, 0.5) is 0 Å². The van der Waals surface area contributed by atoms with Gasteiger partial charge in [-0.15, -0.1) is 0 Å². The number of nitrogens with zero attached hydrogens (tertiary/aromatic N) is 1. The SMILES string of the molecule is C=C1CC[C@@]2(C)[C@H](C)CC[C@@H]3O[C@@H](OCC)C[C@@]32/C1=C/c1cn(S(=O)(=O)c2ccccc2)c2ccccc12. The average molecular weight is 532 g/mol. The van der Waals surface area contributed by atoms with E-state index in [1.54, 1.807) is 30.5 Å². The van der Waals surface area contributed by atoms with Gasteiger partial charge in [-0.1, -0.05) is 62.4 Å². The van der Waals surface area contributed by atoms with E-state index in [2.05, 4.69) is 26.5 Å². The molecule has 2 heterocycles. The number of fused-ring (bicyclic) bond motifs is 1. The van der Waals surface area contributed by atoms with Crippen molar-refractivity contribution in [3.8, 4) is 0 Å². The summed E-state index contributed by atoms with van der Waals surface area (Å²) in [6, 6.07) is 16.4. The lowest BCUT2D eigenvalue weighted by Gasteiger charge is -2.60. The molecule has 200 valence electrons. The van der Waals surface area contributed by atoms with E-state index in [1.807, 2.05) is 37.3 Å². The highest BCUT2D eigenvalue weighted by Gasteiger charge is 2.65. The third-order valence-electron chi connectivity index (χ3n) is 9.79. The van der Waals surface area contributed by atoms with Gasteiger partial charge in [-0.3, -0.25) is 0 Å². The second kappa shape index (κ2) is 9.22. The molecule has 6 heteroatoms. The van der Waals surface area contributed by atoms with Crippen molar-refractivity contribution in [2.24, 2.45) is 16.7 Å². The van der Waals surface area contributed by atoms with Gasteiger partial charge in [0.2, 0.25) is 0 Å². The van der Waals surface area contributed by atoms with Crippen molar-refractivity contribution in [2.75, 3.05) is 6.61 Å².